The number of thiophene rings is 1. The highest BCUT2D eigenvalue weighted by Crippen LogP contribution is 2.28. The lowest BCUT2D eigenvalue weighted by Crippen LogP contribution is -2.40. The summed E-state index contributed by atoms with van der Waals surface area (Å²) in [5.74, 6) is -0.879. The lowest BCUT2D eigenvalue weighted by atomic mass is 10.2. The van der Waals surface area contributed by atoms with Crippen molar-refractivity contribution >= 4 is 31.2 Å². The SMILES string of the molecule is O=S1(=O)CCC(N(Cc2cccs2)S(=O)(=O)c2cccc(F)c2)C1. The van der Waals surface area contributed by atoms with Gasteiger partial charge in [0.2, 0.25) is 10.0 Å². The van der Waals surface area contributed by atoms with E-state index in [1.807, 2.05) is 5.38 Å². The van der Waals surface area contributed by atoms with E-state index < -0.39 is 31.7 Å². The summed E-state index contributed by atoms with van der Waals surface area (Å²) in [5.41, 5.74) is 0. The second kappa shape index (κ2) is 6.55. The van der Waals surface area contributed by atoms with E-state index in [0.717, 1.165) is 10.9 Å². The van der Waals surface area contributed by atoms with Gasteiger partial charge in [-0.3, -0.25) is 0 Å². The summed E-state index contributed by atoms with van der Waals surface area (Å²) >= 11 is 1.39. The molecular formula is C15H16FNO4S3. The third kappa shape index (κ3) is 3.69. The first kappa shape index (κ1) is 17.5. The van der Waals surface area contributed by atoms with E-state index in [2.05, 4.69) is 0 Å². The number of hydrogen-bond acceptors (Lipinski definition) is 5. The van der Waals surface area contributed by atoms with Crippen LogP contribution in [0.2, 0.25) is 0 Å². The van der Waals surface area contributed by atoms with Crippen LogP contribution >= 0.6 is 11.3 Å². The molecule has 1 unspecified atom stereocenters. The van der Waals surface area contributed by atoms with Crippen molar-refractivity contribution in [1.82, 2.24) is 4.31 Å². The topological polar surface area (TPSA) is 71.5 Å². The third-order valence-corrected chi connectivity index (χ3v) is 8.42. The largest absolute Gasteiger partial charge is 0.243 e. The highest BCUT2D eigenvalue weighted by Gasteiger charge is 2.39. The smallest absolute Gasteiger partial charge is 0.229 e. The Kier molecular flexibility index (Phi) is 4.78. The molecule has 1 fully saturated rings. The molecule has 0 aliphatic carbocycles. The van der Waals surface area contributed by atoms with Crippen LogP contribution < -0.4 is 0 Å². The normalized spacial score (nSPS) is 20.5. The van der Waals surface area contributed by atoms with Crippen LogP contribution in [0.15, 0.2) is 46.7 Å². The van der Waals surface area contributed by atoms with E-state index in [-0.39, 0.29) is 29.4 Å². The van der Waals surface area contributed by atoms with Crippen LogP contribution in [0.5, 0.6) is 0 Å². The highest BCUT2D eigenvalue weighted by molar-refractivity contribution is 7.92. The van der Waals surface area contributed by atoms with E-state index in [1.165, 1.54) is 33.8 Å². The Morgan fingerprint density at radius 3 is 2.62 bits per heavy atom. The predicted molar refractivity (Wildman–Crippen MR) is 90.5 cm³/mol. The lowest BCUT2D eigenvalue weighted by molar-refractivity contribution is 0.336. The van der Waals surface area contributed by atoms with E-state index in [4.69, 9.17) is 0 Å². The fourth-order valence-corrected chi connectivity index (χ4v) is 7.01. The Labute approximate surface area is 144 Å². The van der Waals surface area contributed by atoms with Crippen LogP contribution in [0.3, 0.4) is 0 Å². The average Bonchev–Trinajstić information content (AvgIpc) is 3.14. The van der Waals surface area contributed by atoms with Gasteiger partial charge in [-0.15, -0.1) is 11.3 Å². The Bertz CT molecular complexity index is 923. The molecule has 1 aromatic carbocycles. The molecule has 1 saturated heterocycles. The lowest BCUT2D eigenvalue weighted by Gasteiger charge is -2.27. The van der Waals surface area contributed by atoms with Crippen LogP contribution in [-0.2, 0) is 26.4 Å². The van der Waals surface area contributed by atoms with Gasteiger partial charge in [0.15, 0.2) is 9.84 Å². The summed E-state index contributed by atoms with van der Waals surface area (Å²) < 4.78 is 64.2. The van der Waals surface area contributed by atoms with Gasteiger partial charge in [-0.2, -0.15) is 4.31 Å². The Morgan fingerprint density at radius 2 is 2.04 bits per heavy atom. The molecule has 0 bridgehead atoms. The van der Waals surface area contributed by atoms with Crippen molar-refractivity contribution in [1.29, 1.82) is 0 Å². The zero-order valence-electron chi connectivity index (χ0n) is 12.6. The maximum absolute atomic E-state index is 13.5. The Morgan fingerprint density at radius 1 is 1.25 bits per heavy atom. The molecule has 0 saturated carbocycles. The number of sulfone groups is 1. The van der Waals surface area contributed by atoms with Crippen molar-refractivity contribution in [3.8, 4) is 0 Å². The molecule has 0 amide bonds. The molecular weight excluding hydrogens is 373 g/mol. The van der Waals surface area contributed by atoms with Crippen LogP contribution in [0, 0.1) is 5.82 Å². The van der Waals surface area contributed by atoms with Gasteiger partial charge in [-0.1, -0.05) is 12.1 Å². The molecule has 0 spiro atoms. The minimum absolute atomic E-state index is 0.0305. The summed E-state index contributed by atoms with van der Waals surface area (Å²) in [6.07, 6.45) is 0.252. The van der Waals surface area contributed by atoms with Crippen molar-refractivity contribution in [3.05, 3.63) is 52.5 Å². The first-order valence-corrected chi connectivity index (χ1v) is 11.4. The number of sulfonamides is 1. The zero-order valence-corrected chi connectivity index (χ0v) is 15.1. The summed E-state index contributed by atoms with van der Waals surface area (Å²) in [6, 6.07) is 7.74. The first-order valence-electron chi connectivity index (χ1n) is 7.28. The van der Waals surface area contributed by atoms with E-state index >= 15 is 0 Å². The molecule has 2 heterocycles. The molecule has 24 heavy (non-hydrogen) atoms. The highest BCUT2D eigenvalue weighted by atomic mass is 32.2. The monoisotopic (exact) mass is 389 g/mol. The van der Waals surface area contributed by atoms with Gasteiger partial charge in [-0.05, 0) is 36.1 Å². The molecule has 5 nitrogen and oxygen atoms in total. The quantitative estimate of drug-likeness (QED) is 0.786. The predicted octanol–water partition coefficient (Wildman–Crippen LogP) is 2.27. The number of rotatable bonds is 5. The van der Waals surface area contributed by atoms with Crippen LogP contribution in [-0.4, -0.2) is 38.7 Å². The Hall–Kier alpha value is -1.29. The van der Waals surface area contributed by atoms with Crippen LogP contribution in [0.4, 0.5) is 4.39 Å². The van der Waals surface area contributed by atoms with E-state index in [9.17, 15) is 21.2 Å². The standard InChI is InChI=1S/C15H16FNO4S3/c16-12-3-1-5-15(9-12)24(20,21)17(10-14-4-2-7-22-14)13-6-8-23(18,19)11-13/h1-5,7,9,13H,6,8,10-11H2. The number of halogens is 1. The van der Waals surface area contributed by atoms with Gasteiger partial charge in [0.1, 0.15) is 5.82 Å². The van der Waals surface area contributed by atoms with Crippen molar-refractivity contribution < 1.29 is 21.2 Å². The summed E-state index contributed by atoms with van der Waals surface area (Å²) in [5, 5.41) is 1.83. The molecule has 2 aromatic rings. The number of hydrogen-bond donors (Lipinski definition) is 0. The molecule has 1 aliphatic rings. The number of benzene rings is 1. The van der Waals surface area contributed by atoms with Crippen LogP contribution in [0.25, 0.3) is 0 Å². The maximum Gasteiger partial charge on any atom is 0.243 e. The fourth-order valence-electron chi connectivity index (χ4n) is 2.73. The second-order valence-electron chi connectivity index (χ2n) is 5.64. The van der Waals surface area contributed by atoms with E-state index in [0.29, 0.717) is 0 Å². The van der Waals surface area contributed by atoms with Crippen molar-refractivity contribution in [2.45, 2.75) is 23.9 Å². The van der Waals surface area contributed by atoms with Gasteiger partial charge in [-0.25, -0.2) is 21.2 Å². The van der Waals surface area contributed by atoms with Gasteiger partial charge in [0.25, 0.3) is 0 Å². The number of nitrogens with zero attached hydrogens (tertiary/aromatic N) is 1. The van der Waals surface area contributed by atoms with E-state index in [1.54, 1.807) is 12.1 Å². The maximum atomic E-state index is 13.5. The molecule has 130 valence electrons. The van der Waals surface area contributed by atoms with Gasteiger partial charge in [0.05, 0.1) is 16.4 Å². The molecule has 1 aliphatic heterocycles. The van der Waals surface area contributed by atoms with Crippen LogP contribution in [0.1, 0.15) is 11.3 Å². The minimum atomic E-state index is -4.00. The van der Waals surface area contributed by atoms with Crippen molar-refractivity contribution in [2.75, 3.05) is 11.5 Å². The average molecular weight is 389 g/mol. The summed E-state index contributed by atoms with van der Waals surface area (Å²) in [4.78, 5) is 0.641. The minimum Gasteiger partial charge on any atom is -0.229 e. The summed E-state index contributed by atoms with van der Waals surface area (Å²) in [7, 11) is -7.24. The molecule has 1 atom stereocenters. The van der Waals surface area contributed by atoms with Crippen molar-refractivity contribution in [3.63, 3.8) is 0 Å². The van der Waals surface area contributed by atoms with Gasteiger partial charge in [0, 0.05) is 17.5 Å². The second-order valence-corrected chi connectivity index (χ2v) is 10.8. The fraction of sp³-hybridized carbons (Fsp3) is 0.333. The zero-order chi connectivity index (χ0) is 17.4. The molecule has 3 rings (SSSR count). The molecule has 0 radical (unpaired) electrons. The molecule has 1 aromatic heterocycles. The summed E-state index contributed by atoms with van der Waals surface area (Å²) in [6.45, 7) is 0.0801. The molecule has 9 heteroatoms. The Balaban J connectivity index is 2.00. The van der Waals surface area contributed by atoms with Gasteiger partial charge >= 0.3 is 0 Å². The van der Waals surface area contributed by atoms with Gasteiger partial charge < -0.3 is 0 Å². The third-order valence-electron chi connectivity index (χ3n) is 3.91. The molecule has 0 N–H and O–H groups in total. The van der Waals surface area contributed by atoms with Crippen molar-refractivity contribution in [2.24, 2.45) is 0 Å². The first-order chi connectivity index (χ1) is 11.3.